The number of ether oxygens (including phenoxy) is 2. The van der Waals surface area contributed by atoms with Gasteiger partial charge in [0, 0.05) is 24.9 Å². The zero-order valence-electron chi connectivity index (χ0n) is 11.7. The molecule has 0 spiro atoms. The molecule has 1 fully saturated rings. The maximum Gasteiger partial charge on any atom is 0.330 e. The predicted molar refractivity (Wildman–Crippen MR) is 70.5 cm³/mol. The molecule has 110 valence electrons. The highest BCUT2D eigenvalue weighted by Gasteiger charge is 2.37. The lowest BCUT2D eigenvalue weighted by molar-refractivity contribution is -0.148. The lowest BCUT2D eigenvalue weighted by Crippen LogP contribution is -2.50. The zero-order valence-corrected chi connectivity index (χ0v) is 11.7. The average Bonchev–Trinajstić information content (AvgIpc) is 2.97. The molecule has 0 saturated carbocycles. The number of hydrogen-bond acceptors (Lipinski definition) is 5. The monoisotopic (exact) mass is 282 g/mol. The number of hydrogen-bond donors (Lipinski definition) is 1. The Morgan fingerprint density at radius 1 is 1.65 bits per heavy atom. The van der Waals surface area contributed by atoms with Gasteiger partial charge in [0.2, 0.25) is 0 Å². The third-order valence-electron chi connectivity index (χ3n) is 3.58. The number of nitrogens with one attached hydrogen (secondary N) is 1. The normalized spacial score (nSPS) is 21.4. The second-order valence-electron chi connectivity index (χ2n) is 5.02. The number of halogens is 1. The summed E-state index contributed by atoms with van der Waals surface area (Å²) in [4.78, 5) is 15.9. The summed E-state index contributed by atoms with van der Waals surface area (Å²) in [5, 5.41) is 3.13. The zero-order chi connectivity index (χ0) is 14.6. The van der Waals surface area contributed by atoms with Gasteiger partial charge in [-0.3, -0.25) is 10.3 Å². The van der Waals surface area contributed by atoms with Crippen molar-refractivity contribution in [1.29, 1.82) is 0 Å². The van der Waals surface area contributed by atoms with Gasteiger partial charge >= 0.3 is 5.97 Å². The van der Waals surface area contributed by atoms with Crippen LogP contribution in [0.4, 0.5) is 4.39 Å². The molecule has 0 amide bonds. The van der Waals surface area contributed by atoms with Crippen LogP contribution in [0.5, 0.6) is 0 Å². The fraction of sp³-hybridized carbons (Fsp3) is 0.571. The van der Waals surface area contributed by atoms with Crippen LogP contribution in [0.25, 0.3) is 0 Å². The second kappa shape index (κ2) is 6.28. The number of aromatic nitrogens is 1. The maximum atomic E-state index is 13.3. The number of carbonyl (C=O) groups excluding carboxylic acids is 1. The van der Waals surface area contributed by atoms with Crippen LogP contribution in [-0.4, -0.2) is 37.3 Å². The SMILES string of the molecule is COC(=O)C(C)(NCC1CCCO1)c1cncc(F)c1. The average molecular weight is 282 g/mol. The summed E-state index contributed by atoms with van der Waals surface area (Å²) < 4.78 is 23.7. The molecular weight excluding hydrogens is 263 g/mol. The second-order valence-corrected chi connectivity index (χ2v) is 5.02. The minimum atomic E-state index is -1.14. The van der Waals surface area contributed by atoms with Crippen molar-refractivity contribution in [2.24, 2.45) is 0 Å². The van der Waals surface area contributed by atoms with Crippen molar-refractivity contribution in [3.05, 3.63) is 29.8 Å². The highest BCUT2D eigenvalue weighted by Crippen LogP contribution is 2.23. The van der Waals surface area contributed by atoms with Crippen LogP contribution >= 0.6 is 0 Å². The molecule has 5 nitrogen and oxygen atoms in total. The number of methoxy groups -OCH3 is 1. The molecule has 1 N–H and O–H groups in total. The molecule has 0 aliphatic carbocycles. The van der Waals surface area contributed by atoms with Crippen molar-refractivity contribution < 1.29 is 18.7 Å². The first-order chi connectivity index (χ1) is 9.56. The quantitative estimate of drug-likeness (QED) is 0.827. The summed E-state index contributed by atoms with van der Waals surface area (Å²) in [6.07, 6.45) is 4.60. The van der Waals surface area contributed by atoms with Gasteiger partial charge < -0.3 is 9.47 Å². The Balaban J connectivity index is 2.18. The summed E-state index contributed by atoms with van der Waals surface area (Å²) in [5.41, 5.74) is -0.710. The number of nitrogens with zero attached hydrogens (tertiary/aromatic N) is 1. The van der Waals surface area contributed by atoms with Gasteiger partial charge in [-0.1, -0.05) is 0 Å². The van der Waals surface area contributed by atoms with Gasteiger partial charge in [0.25, 0.3) is 0 Å². The predicted octanol–water partition coefficient (Wildman–Crippen LogP) is 1.38. The Bertz CT molecular complexity index is 477. The van der Waals surface area contributed by atoms with E-state index < -0.39 is 17.3 Å². The molecule has 1 aromatic rings. The van der Waals surface area contributed by atoms with Crippen molar-refractivity contribution >= 4 is 5.97 Å². The standard InChI is InChI=1S/C14H19FN2O3/c1-14(13(18)19-2,10-6-11(15)8-16-7-10)17-9-12-4-3-5-20-12/h6-8,12,17H,3-5,9H2,1-2H3. The van der Waals surface area contributed by atoms with E-state index in [2.05, 4.69) is 10.3 Å². The third kappa shape index (κ3) is 3.13. The largest absolute Gasteiger partial charge is 0.467 e. The van der Waals surface area contributed by atoms with Crippen LogP contribution in [0.2, 0.25) is 0 Å². The third-order valence-corrected chi connectivity index (χ3v) is 3.58. The van der Waals surface area contributed by atoms with Crippen LogP contribution < -0.4 is 5.32 Å². The van der Waals surface area contributed by atoms with Gasteiger partial charge in [-0.05, 0) is 25.8 Å². The summed E-state index contributed by atoms with van der Waals surface area (Å²) >= 11 is 0. The fourth-order valence-corrected chi connectivity index (χ4v) is 2.30. The van der Waals surface area contributed by atoms with E-state index in [0.717, 1.165) is 25.6 Å². The molecule has 1 aliphatic rings. The van der Waals surface area contributed by atoms with Gasteiger partial charge in [0.15, 0.2) is 0 Å². The van der Waals surface area contributed by atoms with E-state index in [1.807, 2.05) is 0 Å². The van der Waals surface area contributed by atoms with Crippen LogP contribution in [0.15, 0.2) is 18.5 Å². The topological polar surface area (TPSA) is 60.5 Å². The summed E-state index contributed by atoms with van der Waals surface area (Å²) in [6, 6.07) is 1.28. The van der Waals surface area contributed by atoms with Crippen LogP contribution in [0, 0.1) is 5.82 Å². The summed E-state index contributed by atoms with van der Waals surface area (Å²) in [7, 11) is 1.31. The van der Waals surface area contributed by atoms with Gasteiger partial charge in [-0.2, -0.15) is 0 Å². The highest BCUT2D eigenvalue weighted by atomic mass is 19.1. The smallest absolute Gasteiger partial charge is 0.330 e. The minimum Gasteiger partial charge on any atom is -0.467 e. The molecule has 0 radical (unpaired) electrons. The van der Waals surface area contributed by atoms with Crippen LogP contribution in [-0.2, 0) is 19.8 Å². The van der Waals surface area contributed by atoms with Crippen LogP contribution in [0.3, 0.4) is 0 Å². The fourth-order valence-electron chi connectivity index (χ4n) is 2.30. The van der Waals surface area contributed by atoms with Gasteiger partial charge in [0.05, 0.1) is 19.4 Å². The van der Waals surface area contributed by atoms with Crippen molar-refractivity contribution in [3.8, 4) is 0 Å². The van der Waals surface area contributed by atoms with E-state index in [9.17, 15) is 9.18 Å². The summed E-state index contributed by atoms with van der Waals surface area (Å²) in [6.45, 7) is 2.90. The van der Waals surface area contributed by atoms with Crippen molar-refractivity contribution in [2.75, 3.05) is 20.3 Å². The molecule has 6 heteroatoms. The van der Waals surface area contributed by atoms with Gasteiger partial charge in [0.1, 0.15) is 11.4 Å². The van der Waals surface area contributed by atoms with E-state index in [-0.39, 0.29) is 6.10 Å². The first-order valence-corrected chi connectivity index (χ1v) is 6.62. The first-order valence-electron chi connectivity index (χ1n) is 6.62. The van der Waals surface area contributed by atoms with Crippen molar-refractivity contribution in [3.63, 3.8) is 0 Å². The molecule has 0 aromatic carbocycles. The molecule has 1 aromatic heterocycles. The van der Waals surface area contributed by atoms with Crippen molar-refractivity contribution in [2.45, 2.75) is 31.4 Å². The molecular formula is C14H19FN2O3. The van der Waals surface area contributed by atoms with E-state index in [1.54, 1.807) is 6.92 Å². The minimum absolute atomic E-state index is 0.0699. The van der Waals surface area contributed by atoms with E-state index >= 15 is 0 Å². The van der Waals surface area contributed by atoms with E-state index in [1.165, 1.54) is 19.4 Å². The lowest BCUT2D eigenvalue weighted by atomic mass is 9.93. The Hall–Kier alpha value is -1.53. The van der Waals surface area contributed by atoms with Gasteiger partial charge in [-0.15, -0.1) is 0 Å². The molecule has 2 atom stereocenters. The van der Waals surface area contributed by atoms with Gasteiger partial charge in [-0.25, -0.2) is 9.18 Å². The molecule has 1 aliphatic heterocycles. The Labute approximate surface area is 117 Å². The molecule has 20 heavy (non-hydrogen) atoms. The molecule has 1 saturated heterocycles. The van der Waals surface area contributed by atoms with Crippen LogP contribution in [0.1, 0.15) is 25.3 Å². The number of pyridine rings is 1. The Kier molecular flexibility index (Phi) is 4.67. The first kappa shape index (κ1) is 14.9. The molecule has 2 heterocycles. The van der Waals surface area contributed by atoms with Crippen molar-refractivity contribution in [1.82, 2.24) is 10.3 Å². The van der Waals surface area contributed by atoms with E-state index in [4.69, 9.17) is 9.47 Å². The Morgan fingerprint density at radius 3 is 3.05 bits per heavy atom. The molecule has 0 bridgehead atoms. The Morgan fingerprint density at radius 2 is 2.45 bits per heavy atom. The number of rotatable bonds is 5. The highest BCUT2D eigenvalue weighted by molar-refractivity contribution is 5.82. The lowest BCUT2D eigenvalue weighted by Gasteiger charge is -2.29. The van der Waals surface area contributed by atoms with E-state index in [0.29, 0.717) is 12.1 Å². The molecule has 2 rings (SSSR count). The molecule has 2 unspecified atom stereocenters. The summed E-state index contributed by atoms with van der Waals surface area (Å²) in [5.74, 6) is -0.973. The number of esters is 1. The maximum absolute atomic E-state index is 13.3. The number of carbonyl (C=O) groups is 1.